The minimum Gasteiger partial charge on any atom is -0.466 e. The average molecular weight is 223 g/mol. The van der Waals surface area contributed by atoms with E-state index in [1.165, 1.54) is 0 Å². The first-order valence-corrected chi connectivity index (χ1v) is 5.33. The number of hydrogen-bond acceptors (Lipinski definition) is 5. The number of hydrogen-bond donors (Lipinski definition) is 2. The zero-order chi connectivity index (χ0) is 11.8. The second-order valence-electron chi connectivity index (χ2n) is 3.31. The van der Waals surface area contributed by atoms with Crippen LogP contribution in [0.5, 0.6) is 0 Å². The number of aromatic nitrogens is 1. The van der Waals surface area contributed by atoms with Gasteiger partial charge in [-0.3, -0.25) is 4.79 Å². The van der Waals surface area contributed by atoms with E-state index in [1.807, 2.05) is 6.07 Å². The van der Waals surface area contributed by atoms with Gasteiger partial charge < -0.3 is 15.8 Å². The largest absolute Gasteiger partial charge is 0.466 e. The van der Waals surface area contributed by atoms with Crippen LogP contribution in [0.25, 0.3) is 0 Å². The number of rotatable bonds is 6. The maximum absolute atomic E-state index is 11.0. The van der Waals surface area contributed by atoms with Gasteiger partial charge in [0.15, 0.2) is 0 Å². The Hall–Kier alpha value is -1.78. The molecule has 0 aliphatic heterocycles. The van der Waals surface area contributed by atoms with Gasteiger partial charge in [0.25, 0.3) is 0 Å². The van der Waals surface area contributed by atoms with Crippen LogP contribution in [-0.4, -0.2) is 24.1 Å². The van der Waals surface area contributed by atoms with E-state index < -0.39 is 0 Å². The van der Waals surface area contributed by atoms with Crippen molar-refractivity contribution in [2.24, 2.45) is 0 Å². The van der Waals surface area contributed by atoms with E-state index in [0.29, 0.717) is 25.4 Å². The van der Waals surface area contributed by atoms with Gasteiger partial charge in [0.2, 0.25) is 0 Å². The van der Waals surface area contributed by atoms with Crippen LogP contribution in [0.4, 0.5) is 11.5 Å². The Labute approximate surface area is 95.0 Å². The highest BCUT2D eigenvalue weighted by Crippen LogP contribution is 2.07. The summed E-state index contributed by atoms with van der Waals surface area (Å²) >= 11 is 0. The number of nitrogens with two attached hydrogens (primary N) is 1. The van der Waals surface area contributed by atoms with Crippen molar-refractivity contribution in [2.75, 3.05) is 24.2 Å². The normalized spacial score (nSPS) is 9.81. The van der Waals surface area contributed by atoms with Crippen LogP contribution in [0, 0.1) is 0 Å². The highest BCUT2D eigenvalue weighted by Gasteiger charge is 2.00. The fraction of sp³-hybridized carbons (Fsp3) is 0.455. The molecule has 0 amide bonds. The van der Waals surface area contributed by atoms with Crippen LogP contribution < -0.4 is 11.1 Å². The van der Waals surface area contributed by atoms with E-state index in [4.69, 9.17) is 10.5 Å². The molecule has 0 fully saturated rings. The molecule has 0 aliphatic rings. The first kappa shape index (κ1) is 12.3. The molecule has 0 atom stereocenters. The zero-order valence-electron chi connectivity index (χ0n) is 9.40. The van der Waals surface area contributed by atoms with Crippen molar-refractivity contribution in [3.05, 3.63) is 18.3 Å². The van der Waals surface area contributed by atoms with Crippen molar-refractivity contribution in [2.45, 2.75) is 19.8 Å². The van der Waals surface area contributed by atoms with Crippen LogP contribution in [0.3, 0.4) is 0 Å². The summed E-state index contributed by atoms with van der Waals surface area (Å²) in [6.45, 7) is 2.95. The number of carbonyl (C=O) groups is 1. The lowest BCUT2D eigenvalue weighted by Crippen LogP contribution is -2.08. The Kier molecular flexibility index (Phi) is 5.11. The van der Waals surface area contributed by atoms with Crippen LogP contribution in [-0.2, 0) is 9.53 Å². The number of anilines is 2. The van der Waals surface area contributed by atoms with Crippen molar-refractivity contribution in [3.63, 3.8) is 0 Å². The molecule has 0 radical (unpaired) electrons. The molecule has 5 nitrogen and oxygen atoms in total. The smallest absolute Gasteiger partial charge is 0.305 e. The Morgan fingerprint density at radius 3 is 3.00 bits per heavy atom. The third-order valence-corrected chi connectivity index (χ3v) is 1.98. The van der Waals surface area contributed by atoms with Crippen LogP contribution in [0.15, 0.2) is 18.3 Å². The fourth-order valence-electron chi connectivity index (χ4n) is 1.21. The molecular formula is C11H17N3O2. The second-order valence-corrected chi connectivity index (χ2v) is 3.31. The molecule has 0 unspecified atom stereocenters. The zero-order valence-corrected chi connectivity index (χ0v) is 9.40. The third-order valence-electron chi connectivity index (χ3n) is 1.98. The van der Waals surface area contributed by atoms with E-state index in [2.05, 4.69) is 10.3 Å². The van der Waals surface area contributed by atoms with E-state index in [-0.39, 0.29) is 5.97 Å². The molecule has 0 saturated heterocycles. The summed E-state index contributed by atoms with van der Waals surface area (Å²) in [4.78, 5) is 15.0. The molecule has 0 aliphatic carbocycles. The van der Waals surface area contributed by atoms with E-state index in [1.54, 1.807) is 19.2 Å². The molecule has 88 valence electrons. The highest BCUT2D eigenvalue weighted by molar-refractivity contribution is 5.69. The lowest BCUT2D eigenvalue weighted by Gasteiger charge is -2.05. The number of ether oxygens (including phenoxy) is 1. The molecule has 0 aromatic carbocycles. The predicted molar refractivity (Wildman–Crippen MR) is 63.0 cm³/mol. The van der Waals surface area contributed by atoms with Crippen molar-refractivity contribution in [1.82, 2.24) is 4.98 Å². The maximum Gasteiger partial charge on any atom is 0.305 e. The van der Waals surface area contributed by atoms with Gasteiger partial charge >= 0.3 is 5.97 Å². The Bertz CT molecular complexity index is 325. The first-order chi connectivity index (χ1) is 7.72. The van der Waals surface area contributed by atoms with Gasteiger partial charge in [0.1, 0.15) is 5.82 Å². The van der Waals surface area contributed by atoms with Crippen LogP contribution in [0.1, 0.15) is 19.8 Å². The molecular weight excluding hydrogens is 206 g/mol. The number of nitrogens with one attached hydrogen (secondary N) is 1. The molecule has 16 heavy (non-hydrogen) atoms. The molecule has 0 bridgehead atoms. The van der Waals surface area contributed by atoms with Crippen molar-refractivity contribution < 1.29 is 9.53 Å². The molecule has 0 spiro atoms. The first-order valence-electron chi connectivity index (χ1n) is 5.33. The number of esters is 1. The van der Waals surface area contributed by atoms with Gasteiger partial charge in [-0.1, -0.05) is 0 Å². The lowest BCUT2D eigenvalue weighted by molar-refractivity contribution is -0.143. The monoisotopic (exact) mass is 223 g/mol. The second kappa shape index (κ2) is 6.66. The van der Waals surface area contributed by atoms with E-state index in [9.17, 15) is 4.79 Å². The number of nitrogens with zero attached hydrogens (tertiary/aromatic N) is 1. The number of pyridine rings is 1. The standard InChI is InChI=1S/C11H17N3O2/c1-2-16-11(15)4-3-7-13-9-5-6-10(12)14-8-9/h5-6,8,13H,2-4,7H2,1H3,(H2,12,14). The molecule has 5 heteroatoms. The van der Waals surface area contributed by atoms with Gasteiger partial charge in [-0.05, 0) is 25.5 Å². The summed E-state index contributed by atoms with van der Waals surface area (Å²) in [5.74, 6) is 0.344. The Morgan fingerprint density at radius 1 is 1.56 bits per heavy atom. The summed E-state index contributed by atoms with van der Waals surface area (Å²) in [5, 5.41) is 3.14. The Morgan fingerprint density at radius 2 is 2.38 bits per heavy atom. The van der Waals surface area contributed by atoms with Crippen LogP contribution in [0.2, 0.25) is 0 Å². The minimum absolute atomic E-state index is 0.153. The average Bonchev–Trinajstić information content (AvgIpc) is 2.27. The van der Waals surface area contributed by atoms with Gasteiger partial charge in [0.05, 0.1) is 18.5 Å². The summed E-state index contributed by atoms with van der Waals surface area (Å²) in [6, 6.07) is 3.58. The van der Waals surface area contributed by atoms with Crippen molar-refractivity contribution >= 4 is 17.5 Å². The third kappa shape index (κ3) is 4.63. The molecule has 1 heterocycles. The summed E-state index contributed by atoms with van der Waals surface area (Å²) in [6.07, 6.45) is 2.84. The summed E-state index contributed by atoms with van der Waals surface area (Å²) in [7, 11) is 0. The molecule has 1 aromatic heterocycles. The van der Waals surface area contributed by atoms with E-state index >= 15 is 0 Å². The summed E-state index contributed by atoms with van der Waals surface area (Å²) in [5.41, 5.74) is 6.36. The predicted octanol–water partition coefficient (Wildman–Crippen LogP) is 1.42. The van der Waals surface area contributed by atoms with Crippen molar-refractivity contribution in [1.29, 1.82) is 0 Å². The topological polar surface area (TPSA) is 77.2 Å². The van der Waals surface area contributed by atoms with Gasteiger partial charge in [-0.2, -0.15) is 0 Å². The molecule has 1 rings (SSSR count). The highest BCUT2D eigenvalue weighted by atomic mass is 16.5. The quantitative estimate of drug-likeness (QED) is 0.563. The molecule has 3 N–H and O–H groups in total. The summed E-state index contributed by atoms with van der Waals surface area (Å²) < 4.78 is 4.81. The van der Waals surface area contributed by atoms with Gasteiger partial charge in [-0.25, -0.2) is 4.98 Å². The molecule has 1 aromatic rings. The van der Waals surface area contributed by atoms with E-state index in [0.717, 1.165) is 12.1 Å². The minimum atomic E-state index is -0.153. The Balaban J connectivity index is 2.16. The number of nitrogen functional groups attached to an aromatic ring is 1. The number of carbonyl (C=O) groups excluding carboxylic acids is 1. The SMILES string of the molecule is CCOC(=O)CCCNc1ccc(N)nc1. The lowest BCUT2D eigenvalue weighted by atomic mass is 10.3. The van der Waals surface area contributed by atoms with Gasteiger partial charge in [0, 0.05) is 13.0 Å². The fourth-order valence-corrected chi connectivity index (χ4v) is 1.21. The molecule has 0 saturated carbocycles. The van der Waals surface area contributed by atoms with Crippen LogP contribution >= 0.6 is 0 Å². The maximum atomic E-state index is 11.0. The van der Waals surface area contributed by atoms with Gasteiger partial charge in [-0.15, -0.1) is 0 Å². The van der Waals surface area contributed by atoms with Crippen molar-refractivity contribution in [3.8, 4) is 0 Å².